The molecule has 2 rings (SSSR count). The molecule has 4 heteroatoms. The average molecular weight is 311 g/mol. The van der Waals surface area contributed by atoms with E-state index in [2.05, 4.69) is 15.9 Å². The first kappa shape index (κ1) is 13.2. The molecule has 0 saturated carbocycles. The SMILES string of the molecule is COc1ccc(Br)cc1CC(O)c1ccoc1C. The van der Waals surface area contributed by atoms with Gasteiger partial charge in [0.15, 0.2) is 0 Å². The summed E-state index contributed by atoms with van der Waals surface area (Å²) in [5.41, 5.74) is 1.78. The molecule has 0 bridgehead atoms. The molecule has 96 valence electrons. The van der Waals surface area contributed by atoms with Gasteiger partial charge in [-0.1, -0.05) is 15.9 Å². The summed E-state index contributed by atoms with van der Waals surface area (Å²) in [7, 11) is 1.63. The van der Waals surface area contributed by atoms with Gasteiger partial charge in [-0.15, -0.1) is 0 Å². The van der Waals surface area contributed by atoms with Crippen molar-refractivity contribution >= 4 is 15.9 Å². The highest BCUT2D eigenvalue weighted by atomic mass is 79.9. The summed E-state index contributed by atoms with van der Waals surface area (Å²) in [4.78, 5) is 0. The molecule has 0 saturated heterocycles. The number of aliphatic hydroxyl groups excluding tert-OH is 1. The van der Waals surface area contributed by atoms with Gasteiger partial charge < -0.3 is 14.3 Å². The fourth-order valence-corrected chi connectivity index (χ4v) is 2.37. The Bertz CT molecular complexity index is 534. The number of rotatable bonds is 4. The molecule has 0 aliphatic rings. The number of methoxy groups -OCH3 is 1. The Morgan fingerprint density at radius 3 is 2.78 bits per heavy atom. The largest absolute Gasteiger partial charge is 0.496 e. The zero-order chi connectivity index (χ0) is 13.1. The monoisotopic (exact) mass is 310 g/mol. The Balaban J connectivity index is 2.23. The van der Waals surface area contributed by atoms with Crippen molar-refractivity contribution in [2.24, 2.45) is 0 Å². The van der Waals surface area contributed by atoms with E-state index in [0.717, 1.165) is 27.1 Å². The highest BCUT2D eigenvalue weighted by Crippen LogP contribution is 2.29. The van der Waals surface area contributed by atoms with Crippen molar-refractivity contribution in [1.82, 2.24) is 0 Å². The predicted molar refractivity (Wildman–Crippen MR) is 72.8 cm³/mol. The normalized spacial score (nSPS) is 12.4. The first-order valence-electron chi connectivity index (χ1n) is 5.66. The van der Waals surface area contributed by atoms with Gasteiger partial charge in [-0.25, -0.2) is 0 Å². The minimum Gasteiger partial charge on any atom is -0.496 e. The fourth-order valence-electron chi connectivity index (χ4n) is 1.97. The van der Waals surface area contributed by atoms with E-state index >= 15 is 0 Å². The molecule has 0 spiro atoms. The van der Waals surface area contributed by atoms with Crippen molar-refractivity contribution in [2.75, 3.05) is 7.11 Å². The Kier molecular flexibility index (Phi) is 4.09. The molecule has 18 heavy (non-hydrogen) atoms. The molecule has 1 aromatic carbocycles. The maximum atomic E-state index is 10.2. The third kappa shape index (κ3) is 2.76. The van der Waals surface area contributed by atoms with Crippen molar-refractivity contribution < 1.29 is 14.3 Å². The molecule has 0 aliphatic heterocycles. The van der Waals surface area contributed by atoms with Crippen LogP contribution in [0.25, 0.3) is 0 Å². The number of halogens is 1. The maximum absolute atomic E-state index is 10.2. The molecular weight excluding hydrogens is 296 g/mol. The lowest BCUT2D eigenvalue weighted by Crippen LogP contribution is -2.03. The van der Waals surface area contributed by atoms with E-state index in [0.29, 0.717) is 6.42 Å². The zero-order valence-electron chi connectivity index (χ0n) is 10.3. The lowest BCUT2D eigenvalue weighted by molar-refractivity contribution is 0.175. The standard InChI is InChI=1S/C14H15BrO3/c1-9-12(5-6-18-9)13(16)8-10-7-11(15)3-4-14(10)17-2/h3-7,13,16H,8H2,1-2H3. The number of furan rings is 1. The molecule has 1 aromatic heterocycles. The molecule has 0 amide bonds. The van der Waals surface area contributed by atoms with Crippen molar-refractivity contribution in [1.29, 1.82) is 0 Å². The first-order chi connectivity index (χ1) is 8.61. The Morgan fingerprint density at radius 1 is 1.39 bits per heavy atom. The molecule has 2 aromatic rings. The number of aliphatic hydroxyl groups is 1. The maximum Gasteiger partial charge on any atom is 0.122 e. The molecular formula is C14H15BrO3. The molecule has 1 N–H and O–H groups in total. The van der Waals surface area contributed by atoms with Crippen molar-refractivity contribution in [3.05, 3.63) is 51.9 Å². The van der Waals surface area contributed by atoms with Crippen LogP contribution in [0.1, 0.15) is 23.0 Å². The van der Waals surface area contributed by atoms with Crippen molar-refractivity contribution in [3.63, 3.8) is 0 Å². The van der Waals surface area contributed by atoms with Gasteiger partial charge >= 0.3 is 0 Å². The van der Waals surface area contributed by atoms with Gasteiger partial charge in [0.05, 0.1) is 19.5 Å². The van der Waals surface area contributed by atoms with Crippen LogP contribution in [-0.4, -0.2) is 12.2 Å². The number of aryl methyl sites for hydroxylation is 1. The topological polar surface area (TPSA) is 42.6 Å². The number of benzene rings is 1. The van der Waals surface area contributed by atoms with Crippen molar-refractivity contribution in [2.45, 2.75) is 19.4 Å². The second kappa shape index (κ2) is 5.59. The molecule has 0 aliphatic carbocycles. The molecule has 0 fully saturated rings. The van der Waals surface area contributed by atoms with Gasteiger partial charge in [0.2, 0.25) is 0 Å². The summed E-state index contributed by atoms with van der Waals surface area (Å²) in [6, 6.07) is 7.55. The van der Waals surface area contributed by atoms with E-state index < -0.39 is 6.10 Å². The van der Waals surface area contributed by atoms with Crippen molar-refractivity contribution in [3.8, 4) is 5.75 Å². The Morgan fingerprint density at radius 2 is 2.17 bits per heavy atom. The second-order valence-electron chi connectivity index (χ2n) is 4.11. The van der Waals surface area contributed by atoms with Gasteiger partial charge in [0, 0.05) is 16.5 Å². The molecule has 1 heterocycles. The van der Waals surface area contributed by atoms with Gasteiger partial charge in [-0.05, 0) is 36.8 Å². The summed E-state index contributed by atoms with van der Waals surface area (Å²) in [5.74, 6) is 1.52. The Hall–Kier alpha value is -1.26. The van der Waals surface area contributed by atoms with Crippen LogP contribution in [0.3, 0.4) is 0 Å². The lowest BCUT2D eigenvalue weighted by Gasteiger charge is -2.13. The van der Waals surface area contributed by atoms with Crippen LogP contribution in [0.2, 0.25) is 0 Å². The number of hydrogen-bond acceptors (Lipinski definition) is 3. The van der Waals surface area contributed by atoms with E-state index in [-0.39, 0.29) is 0 Å². The van der Waals surface area contributed by atoms with Crippen LogP contribution in [0.15, 0.2) is 39.4 Å². The molecule has 1 unspecified atom stereocenters. The van der Waals surface area contributed by atoms with Gasteiger partial charge in [0.1, 0.15) is 11.5 Å². The van der Waals surface area contributed by atoms with Gasteiger partial charge in [-0.2, -0.15) is 0 Å². The molecule has 0 radical (unpaired) electrons. The highest BCUT2D eigenvalue weighted by Gasteiger charge is 2.15. The van der Waals surface area contributed by atoms with Crippen LogP contribution in [-0.2, 0) is 6.42 Å². The van der Waals surface area contributed by atoms with E-state index in [1.54, 1.807) is 19.4 Å². The van der Waals surface area contributed by atoms with Crippen LogP contribution >= 0.6 is 15.9 Å². The summed E-state index contributed by atoms with van der Waals surface area (Å²) >= 11 is 3.42. The van der Waals surface area contributed by atoms with E-state index in [9.17, 15) is 5.11 Å². The van der Waals surface area contributed by atoms with Crippen LogP contribution in [0.5, 0.6) is 5.75 Å². The second-order valence-corrected chi connectivity index (χ2v) is 5.02. The first-order valence-corrected chi connectivity index (χ1v) is 6.45. The third-order valence-electron chi connectivity index (χ3n) is 2.91. The highest BCUT2D eigenvalue weighted by molar-refractivity contribution is 9.10. The van der Waals surface area contributed by atoms with E-state index in [1.165, 1.54) is 0 Å². The minimum absolute atomic E-state index is 0.489. The number of ether oxygens (including phenoxy) is 1. The predicted octanol–water partition coefficient (Wildman–Crippen LogP) is 3.64. The lowest BCUT2D eigenvalue weighted by atomic mass is 10.0. The van der Waals surface area contributed by atoms with E-state index in [4.69, 9.17) is 9.15 Å². The zero-order valence-corrected chi connectivity index (χ0v) is 11.9. The molecule has 1 atom stereocenters. The van der Waals surface area contributed by atoms with E-state index in [1.807, 2.05) is 25.1 Å². The fraction of sp³-hybridized carbons (Fsp3) is 0.286. The Labute approximate surface area is 115 Å². The quantitative estimate of drug-likeness (QED) is 0.937. The summed E-state index contributed by atoms with van der Waals surface area (Å²) in [5, 5.41) is 10.2. The minimum atomic E-state index is -0.591. The third-order valence-corrected chi connectivity index (χ3v) is 3.41. The van der Waals surface area contributed by atoms with Crippen LogP contribution in [0.4, 0.5) is 0 Å². The number of hydrogen-bond donors (Lipinski definition) is 1. The van der Waals surface area contributed by atoms with Crippen LogP contribution in [0, 0.1) is 6.92 Å². The smallest absolute Gasteiger partial charge is 0.122 e. The van der Waals surface area contributed by atoms with Crippen LogP contribution < -0.4 is 4.74 Å². The summed E-state index contributed by atoms with van der Waals surface area (Å²) in [6.45, 7) is 1.84. The summed E-state index contributed by atoms with van der Waals surface area (Å²) in [6.07, 6.45) is 1.49. The average Bonchev–Trinajstić information content (AvgIpc) is 2.76. The summed E-state index contributed by atoms with van der Waals surface area (Å²) < 4.78 is 11.5. The van der Waals surface area contributed by atoms with Gasteiger partial charge in [-0.3, -0.25) is 0 Å². The van der Waals surface area contributed by atoms with Gasteiger partial charge in [0.25, 0.3) is 0 Å². The molecule has 3 nitrogen and oxygen atoms in total.